The van der Waals surface area contributed by atoms with Gasteiger partial charge in [-0.15, -0.1) is 0 Å². The second-order valence-corrected chi connectivity index (χ2v) is 10.2. The zero-order chi connectivity index (χ0) is 23.8. The number of carbonyl (C=O) groups is 2. The van der Waals surface area contributed by atoms with Crippen molar-refractivity contribution in [2.45, 2.75) is 37.7 Å². The Bertz CT molecular complexity index is 1190. The van der Waals surface area contributed by atoms with Crippen molar-refractivity contribution >= 4 is 33.2 Å². The molecule has 2 heterocycles. The van der Waals surface area contributed by atoms with Gasteiger partial charge in [0, 0.05) is 36.8 Å². The molecule has 0 spiro atoms. The van der Waals surface area contributed by atoms with Gasteiger partial charge in [-0.25, -0.2) is 8.42 Å². The lowest BCUT2D eigenvalue weighted by molar-refractivity contribution is -0.123. The van der Waals surface area contributed by atoms with Gasteiger partial charge in [0.2, 0.25) is 15.9 Å². The van der Waals surface area contributed by atoms with E-state index in [1.54, 1.807) is 51.3 Å². The van der Waals surface area contributed by atoms with Crippen LogP contribution in [0.4, 0.5) is 11.4 Å². The van der Waals surface area contributed by atoms with Crippen LogP contribution >= 0.6 is 0 Å². The van der Waals surface area contributed by atoms with Gasteiger partial charge >= 0.3 is 0 Å². The van der Waals surface area contributed by atoms with Crippen LogP contribution < -0.4 is 20.1 Å². The fourth-order valence-corrected chi connectivity index (χ4v) is 5.75. The summed E-state index contributed by atoms with van der Waals surface area (Å²) in [6.45, 7) is 3.77. The minimum Gasteiger partial charge on any atom is -0.497 e. The van der Waals surface area contributed by atoms with Crippen molar-refractivity contribution in [2.24, 2.45) is 5.92 Å². The third kappa shape index (κ3) is 4.67. The van der Waals surface area contributed by atoms with Crippen molar-refractivity contribution < 1.29 is 27.5 Å². The van der Waals surface area contributed by atoms with E-state index in [-0.39, 0.29) is 35.7 Å². The highest BCUT2D eigenvalue weighted by Gasteiger charge is 2.34. The Morgan fingerprint density at radius 1 is 1.21 bits per heavy atom. The summed E-state index contributed by atoms with van der Waals surface area (Å²) in [6, 6.07) is 10.2. The monoisotopic (exact) mass is 473 g/mol. The molecule has 0 aliphatic carbocycles. The van der Waals surface area contributed by atoms with Crippen molar-refractivity contribution in [1.82, 2.24) is 4.31 Å². The van der Waals surface area contributed by atoms with E-state index in [1.807, 2.05) is 0 Å². The molecule has 0 unspecified atom stereocenters. The second kappa shape index (κ2) is 9.03. The standard InChI is InChI=1S/C23H27N3O6S/c1-14-11-19-20(32-15(2)22(27)25-19)13-21(14)33(29,30)26-9-7-16(8-10-26)23(28)24-17-5-4-6-18(12-17)31-3/h4-6,11-13,15-16H,7-10H2,1-3H3,(H,24,28)(H,25,27)/t15-/m1/s1. The maximum Gasteiger partial charge on any atom is 0.265 e. The molecule has 1 atom stereocenters. The van der Waals surface area contributed by atoms with Crippen molar-refractivity contribution in [3.05, 3.63) is 42.0 Å². The van der Waals surface area contributed by atoms with Crippen LogP contribution in [0, 0.1) is 12.8 Å². The van der Waals surface area contributed by atoms with Crippen molar-refractivity contribution in [3.8, 4) is 11.5 Å². The lowest BCUT2D eigenvalue weighted by atomic mass is 9.97. The van der Waals surface area contributed by atoms with Crippen LogP contribution in [0.5, 0.6) is 11.5 Å². The normalized spacial score (nSPS) is 19.2. The van der Waals surface area contributed by atoms with E-state index in [0.29, 0.717) is 41.3 Å². The maximum absolute atomic E-state index is 13.3. The van der Waals surface area contributed by atoms with Crippen molar-refractivity contribution in [2.75, 3.05) is 30.8 Å². The number of nitrogens with one attached hydrogen (secondary N) is 2. The number of piperidine rings is 1. The molecule has 10 heteroatoms. The Labute approximate surface area is 193 Å². The highest BCUT2D eigenvalue weighted by molar-refractivity contribution is 7.89. The van der Waals surface area contributed by atoms with E-state index in [0.717, 1.165) is 0 Å². The third-order valence-corrected chi connectivity index (χ3v) is 8.03. The highest BCUT2D eigenvalue weighted by atomic mass is 32.2. The summed E-state index contributed by atoms with van der Waals surface area (Å²) in [6.07, 6.45) is 0.139. The number of anilines is 2. The number of ether oxygens (including phenoxy) is 2. The molecule has 2 N–H and O–H groups in total. The highest BCUT2D eigenvalue weighted by Crippen LogP contribution is 2.36. The summed E-state index contributed by atoms with van der Waals surface area (Å²) in [5.41, 5.74) is 1.62. The topological polar surface area (TPSA) is 114 Å². The van der Waals surface area contributed by atoms with Crippen LogP contribution in [0.25, 0.3) is 0 Å². The molecular weight excluding hydrogens is 446 g/mol. The summed E-state index contributed by atoms with van der Waals surface area (Å²) >= 11 is 0. The summed E-state index contributed by atoms with van der Waals surface area (Å²) < 4.78 is 38.9. The molecule has 176 valence electrons. The Kier molecular flexibility index (Phi) is 6.31. The van der Waals surface area contributed by atoms with Crippen molar-refractivity contribution in [3.63, 3.8) is 0 Å². The van der Waals surface area contributed by atoms with Crippen LogP contribution in [-0.2, 0) is 19.6 Å². The molecule has 33 heavy (non-hydrogen) atoms. The first-order valence-electron chi connectivity index (χ1n) is 10.8. The predicted octanol–water partition coefficient (Wildman–Crippen LogP) is 2.76. The molecule has 2 amide bonds. The minimum atomic E-state index is -3.78. The van der Waals surface area contributed by atoms with Gasteiger partial charge in [-0.3, -0.25) is 9.59 Å². The first-order chi connectivity index (χ1) is 15.7. The fourth-order valence-electron chi connectivity index (χ4n) is 4.06. The van der Waals surface area contributed by atoms with Crippen LogP contribution in [-0.4, -0.2) is 50.8 Å². The van der Waals surface area contributed by atoms with Gasteiger partial charge in [0.1, 0.15) is 11.5 Å². The van der Waals surface area contributed by atoms with Gasteiger partial charge in [0.15, 0.2) is 6.10 Å². The van der Waals surface area contributed by atoms with Crippen LogP contribution in [0.3, 0.4) is 0 Å². The van der Waals surface area contributed by atoms with E-state index in [9.17, 15) is 18.0 Å². The molecule has 0 aromatic heterocycles. The molecule has 2 aromatic carbocycles. The molecule has 9 nitrogen and oxygen atoms in total. The fraction of sp³-hybridized carbons (Fsp3) is 0.391. The first kappa shape index (κ1) is 23.1. The zero-order valence-electron chi connectivity index (χ0n) is 18.8. The van der Waals surface area contributed by atoms with E-state index in [2.05, 4.69) is 10.6 Å². The van der Waals surface area contributed by atoms with Crippen LogP contribution in [0.15, 0.2) is 41.3 Å². The number of carbonyl (C=O) groups excluding carboxylic acids is 2. The SMILES string of the molecule is COc1cccc(NC(=O)C2CCN(S(=O)(=O)c3cc4c(cc3C)NC(=O)[C@@H](C)O4)CC2)c1. The summed E-state index contributed by atoms with van der Waals surface area (Å²) in [7, 11) is -2.22. The Morgan fingerprint density at radius 2 is 1.94 bits per heavy atom. The average Bonchev–Trinajstić information content (AvgIpc) is 2.80. The lowest BCUT2D eigenvalue weighted by Crippen LogP contribution is -2.41. The van der Waals surface area contributed by atoms with E-state index in [4.69, 9.17) is 9.47 Å². The number of methoxy groups -OCH3 is 1. The van der Waals surface area contributed by atoms with Gasteiger partial charge in [-0.05, 0) is 50.5 Å². The molecule has 1 saturated heterocycles. The summed E-state index contributed by atoms with van der Waals surface area (Å²) in [5.74, 6) is 0.285. The zero-order valence-corrected chi connectivity index (χ0v) is 19.6. The number of nitrogens with zero attached hydrogens (tertiary/aromatic N) is 1. The Hall–Kier alpha value is -3.11. The number of amides is 2. The van der Waals surface area contributed by atoms with Gasteiger partial charge in [-0.2, -0.15) is 4.31 Å². The van der Waals surface area contributed by atoms with Gasteiger partial charge in [0.05, 0.1) is 17.7 Å². The van der Waals surface area contributed by atoms with Crippen LogP contribution in [0.2, 0.25) is 0 Å². The Balaban J connectivity index is 1.44. The summed E-state index contributed by atoms with van der Waals surface area (Å²) in [4.78, 5) is 24.7. The smallest absolute Gasteiger partial charge is 0.265 e. The molecule has 0 bridgehead atoms. The number of rotatable bonds is 5. The average molecular weight is 474 g/mol. The third-order valence-electron chi connectivity index (χ3n) is 5.99. The largest absolute Gasteiger partial charge is 0.497 e. The van der Waals surface area contributed by atoms with E-state index in [1.165, 1.54) is 10.4 Å². The predicted molar refractivity (Wildman–Crippen MR) is 123 cm³/mol. The molecule has 0 radical (unpaired) electrons. The van der Waals surface area contributed by atoms with Gasteiger partial charge < -0.3 is 20.1 Å². The van der Waals surface area contributed by atoms with E-state index >= 15 is 0 Å². The van der Waals surface area contributed by atoms with E-state index < -0.39 is 16.1 Å². The first-order valence-corrected chi connectivity index (χ1v) is 12.2. The lowest BCUT2D eigenvalue weighted by Gasteiger charge is -2.31. The number of aryl methyl sites for hydroxylation is 1. The maximum atomic E-state index is 13.3. The molecular formula is C23H27N3O6S. The number of hydrogen-bond donors (Lipinski definition) is 2. The molecule has 2 aliphatic heterocycles. The number of benzene rings is 2. The summed E-state index contributed by atoms with van der Waals surface area (Å²) in [5, 5.41) is 5.61. The molecule has 1 fully saturated rings. The van der Waals surface area contributed by atoms with Gasteiger partial charge in [-0.1, -0.05) is 6.07 Å². The number of fused-ring (bicyclic) bond motifs is 1. The van der Waals surface area contributed by atoms with Crippen molar-refractivity contribution in [1.29, 1.82) is 0 Å². The molecule has 2 aliphatic rings. The van der Waals surface area contributed by atoms with Crippen LogP contribution in [0.1, 0.15) is 25.3 Å². The van der Waals surface area contributed by atoms with Gasteiger partial charge in [0.25, 0.3) is 5.91 Å². The Morgan fingerprint density at radius 3 is 2.64 bits per heavy atom. The molecule has 2 aromatic rings. The molecule has 0 saturated carbocycles. The molecule has 4 rings (SSSR count). The number of sulfonamides is 1. The second-order valence-electron chi connectivity index (χ2n) is 8.26. The number of hydrogen-bond acceptors (Lipinski definition) is 6. The minimum absolute atomic E-state index is 0.136. The quantitative estimate of drug-likeness (QED) is 0.690.